The number of benzene rings is 2. The average Bonchev–Trinajstić information content (AvgIpc) is 2.75. The van der Waals surface area contributed by atoms with Gasteiger partial charge >= 0.3 is 172 Å². The predicted molar refractivity (Wildman–Crippen MR) is 127 cm³/mol. The summed E-state index contributed by atoms with van der Waals surface area (Å²) in [6.45, 7) is 4.52. The first-order valence-electron chi connectivity index (χ1n) is 10.6. The molecule has 0 amide bonds. The van der Waals surface area contributed by atoms with Crippen LogP contribution in [0.3, 0.4) is 0 Å². The topological polar surface area (TPSA) is 23.8 Å². The zero-order valence-corrected chi connectivity index (χ0v) is 18.4. The quantitative estimate of drug-likeness (QED) is 0.237. The number of nitriles is 1. The second kappa shape index (κ2) is 12.3. The van der Waals surface area contributed by atoms with Gasteiger partial charge in [-0.25, -0.2) is 0 Å². The van der Waals surface area contributed by atoms with E-state index in [1.54, 1.807) is 0 Å². The van der Waals surface area contributed by atoms with Crippen molar-refractivity contribution >= 4 is 17.9 Å². The molecule has 0 unspecified atom stereocenters. The van der Waals surface area contributed by atoms with E-state index in [1.165, 1.54) is 34.9 Å². The van der Waals surface area contributed by atoms with Crippen LogP contribution in [0.5, 0.6) is 0 Å². The standard InChI is InChI=1S/C26H34NP/c1-3-4-10-17-24(2)28(25-18-11-8-12-19-25,26-20-13-9-14-21-26)23-16-7-5-6-15-22-27/h4,8-14,17-21,28H,3,5-7,15-16,23H2,1-2H3/b10-4-,24-17+. The molecule has 0 atom stereocenters. The summed E-state index contributed by atoms with van der Waals surface area (Å²) in [6, 6.07) is 24.5. The van der Waals surface area contributed by atoms with Gasteiger partial charge in [-0.2, -0.15) is 0 Å². The fourth-order valence-corrected chi connectivity index (χ4v) is 8.89. The van der Waals surface area contributed by atoms with Crippen molar-refractivity contribution in [1.29, 1.82) is 5.26 Å². The molecular weight excluding hydrogens is 357 g/mol. The number of rotatable bonds is 11. The Bertz CT molecular complexity index is 745. The minimum absolute atomic E-state index is 0.681. The summed E-state index contributed by atoms with van der Waals surface area (Å²) in [6.07, 6.45) is 14.4. The first-order valence-corrected chi connectivity index (χ1v) is 12.8. The SMILES string of the molecule is CC/C=C\C=C(/C)[PH](CCCCCCC#N)(c1ccccc1)c1ccccc1. The number of hydrogen-bond donors (Lipinski definition) is 0. The summed E-state index contributed by atoms with van der Waals surface area (Å²) >= 11 is 0. The van der Waals surface area contributed by atoms with E-state index in [4.69, 9.17) is 5.26 Å². The molecule has 0 fully saturated rings. The molecule has 2 heteroatoms. The molecule has 0 aromatic heterocycles. The van der Waals surface area contributed by atoms with E-state index in [2.05, 4.69) is 98.8 Å². The Kier molecular flexibility index (Phi) is 9.74. The Morgan fingerprint density at radius 3 is 2.00 bits per heavy atom. The maximum absolute atomic E-state index is 8.77. The van der Waals surface area contributed by atoms with Crippen LogP contribution in [0.4, 0.5) is 0 Å². The molecule has 2 aromatic carbocycles. The van der Waals surface area contributed by atoms with Gasteiger partial charge in [0.25, 0.3) is 0 Å². The van der Waals surface area contributed by atoms with E-state index >= 15 is 0 Å². The van der Waals surface area contributed by atoms with Crippen LogP contribution in [0.15, 0.2) is 84.2 Å². The summed E-state index contributed by atoms with van der Waals surface area (Å²) in [5.41, 5.74) is 0. The van der Waals surface area contributed by atoms with Crippen LogP contribution in [0.25, 0.3) is 0 Å². The number of unbranched alkanes of at least 4 members (excludes halogenated alkanes) is 4. The summed E-state index contributed by atoms with van der Waals surface area (Å²) < 4.78 is 0. The van der Waals surface area contributed by atoms with Crippen LogP contribution in [0.1, 0.15) is 52.4 Å². The predicted octanol–water partition coefficient (Wildman–Crippen LogP) is 6.73. The fraction of sp³-hybridized carbons (Fsp3) is 0.346. The van der Waals surface area contributed by atoms with Crippen molar-refractivity contribution in [3.63, 3.8) is 0 Å². The number of allylic oxidation sites excluding steroid dienone is 4. The van der Waals surface area contributed by atoms with Crippen molar-refractivity contribution in [3.8, 4) is 6.07 Å². The van der Waals surface area contributed by atoms with Crippen molar-refractivity contribution < 1.29 is 0 Å². The van der Waals surface area contributed by atoms with E-state index in [0.717, 1.165) is 19.3 Å². The Labute approximate surface area is 172 Å². The van der Waals surface area contributed by atoms with Gasteiger partial charge in [0.1, 0.15) is 0 Å². The van der Waals surface area contributed by atoms with Crippen molar-refractivity contribution in [2.75, 3.05) is 6.16 Å². The Morgan fingerprint density at radius 1 is 0.893 bits per heavy atom. The van der Waals surface area contributed by atoms with E-state index in [-0.39, 0.29) is 0 Å². The maximum atomic E-state index is 8.77. The first kappa shape index (κ1) is 22.1. The first-order chi connectivity index (χ1) is 13.8. The monoisotopic (exact) mass is 391 g/mol. The zero-order valence-electron chi connectivity index (χ0n) is 17.4. The minimum atomic E-state index is -2.02. The number of hydrogen-bond acceptors (Lipinski definition) is 1. The third-order valence-corrected chi connectivity index (χ3v) is 10.8. The molecule has 0 N–H and O–H groups in total. The zero-order chi connectivity index (χ0) is 20.1. The molecule has 28 heavy (non-hydrogen) atoms. The summed E-state index contributed by atoms with van der Waals surface area (Å²) in [4.78, 5) is 0. The molecule has 148 valence electrons. The summed E-state index contributed by atoms with van der Waals surface area (Å²) in [7, 11) is -2.02. The van der Waals surface area contributed by atoms with E-state index in [0.29, 0.717) is 6.42 Å². The van der Waals surface area contributed by atoms with Crippen molar-refractivity contribution in [1.82, 2.24) is 0 Å². The summed E-state index contributed by atoms with van der Waals surface area (Å²) in [5.74, 6) is 0. The van der Waals surface area contributed by atoms with Crippen LogP contribution in [0.2, 0.25) is 0 Å². The molecule has 2 aromatic rings. The Balaban J connectivity index is 2.42. The molecular formula is C26H34NP. The molecule has 0 bridgehead atoms. The van der Waals surface area contributed by atoms with Gasteiger partial charge in [0.2, 0.25) is 0 Å². The van der Waals surface area contributed by atoms with Gasteiger partial charge in [-0.1, -0.05) is 0 Å². The van der Waals surface area contributed by atoms with Crippen LogP contribution in [-0.4, -0.2) is 6.16 Å². The molecule has 0 heterocycles. The molecule has 0 aliphatic rings. The molecule has 2 rings (SSSR count). The van der Waals surface area contributed by atoms with E-state index in [9.17, 15) is 0 Å². The normalized spacial score (nSPS) is 12.8. The number of nitrogens with zero attached hydrogens (tertiary/aromatic N) is 1. The fourth-order valence-electron chi connectivity index (χ4n) is 3.99. The third kappa shape index (κ3) is 5.92. The van der Waals surface area contributed by atoms with Crippen LogP contribution < -0.4 is 10.6 Å². The molecule has 1 nitrogen and oxygen atoms in total. The molecule has 0 radical (unpaired) electrons. The van der Waals surface area contributed by atoms with Crippen molar-refractivity contribution in [3.05, 3.63) is 84.2 Å². The van der Waals surface area contributed by atoms with Gasteiger partial charge in [-0.05, 0) is 0 Å². The average molecular weight is 392 g/mol. The van der Waals surface area contributed by atoms with E-state index in [1.807, 2.05) is 0 Å². The molecule has 0 spiro atoms. The van der Waals surface area contributed by atoms with Gasteiger partial charge in [0.05, 0.1) is 0 Å². The van der Waals surface area contributed by atoms with E-state index < -0.39 is 7.26 Å². The van der Waals surface area contributed by atoms with Crippen LogP contribution >= 0.6 is 7.26 Å². The van der Waals surface area contributed by atoms with Crippen LogP contribution in [0, 0.1) is 11.3 Å². The van der Waals surface area contributed by atoms with Gasteiger partial charge in [-0.3, -0.25) is 0 Å². The second-order valence-corrected chi connectivity index (χ2v) is 11.6. The molecule has 0 aliphatic carbocycles. The molecule has 0 aliphatic heterocycles. The van der Waals surface area contributed by atoms with Crippen molar-refractivity contribution in [2.45, 2.75) is 52.4 Å². The Morgan fingerprint density at radius 2 is 1.46 bits per heavy atom. The Hall–Kier alpha value is -2.16. The van der Waals surface area contributed by atoms with Gasteiger partial charge in [-0.15, -0.1) is 0 Å². The molecule has 0 saturated heterocycles. The summed E-state index contributed by atoms with van der Waals surface area (Å²) in [5, 5.41) is 13.3. The van der Waals surface area contributed by atoms with Gasteiger partial charge < -0.3 is 0 Å². The van der Waals surface area contributed by atoms with Gasteiger partial charge in [0.15, 0.2) is 0 Å². The molecule has 0 saturated carbocycles. The van der Waals surface area contributed by atoms with Crippen molar-refractivity contribution in [2.24, 2.45) is 0 Å². The third-order valence-electron chi connectivity index (χ3n) is 5.51. The van der Waals surface area contributed by atoms with Gasteiger partial charge in [0, 0.05) is 0 Å². The second-order valence-electron chi connectivity index (χ2n) is 7.40. The van der Waals surface area contributed by atoms with Crippen LogP contribution in [-0.2, 0) is 0 Å².